The molecule has 2 aliphatic rings. The molecule has 0 bridgehead atoms. The van der Waals surface area contributed by atoms with E-state index in [2.05, 4.69) is 0 Å². The molecule has 0 aromatic carbocycles. The van der Waals surface area contributed by atoms with Crippen molar-refractivity contribution < 1.29 is 19.5 Å². The number of amides is 1. The summed E-state index contributed by atoms with van der Waals surface area (Å²) >= 11 is 1.32. The molecule has 0 radical (unpaired) electrons. The lowest BCUT2D eigenvalue weighted by molar-refractivity contribution is -0.148. The molecule has 0 saturated carbocycles. The van der Waals surface area contributed by atoms with Crippen LogP contribution >= 0.6 is 11.8 Å². The molecule has 0 aliphatic carbocycles. The molecule has 0 aromatic rings. The second-order valence-corrected chi connectivity index (χ2v) is 4.73. The second-order valence-electron chi connectivity index (χ2n) is 3.62. The van der Waals surface area contributed by atoms with Crippen molar-refractivity contribution in [3.05, 3.63) is 11.3 Å². The molecule has 0 spiro atoms. The highest BCUT2D eigenvalue weighted by molar-refractivity contribution is 8.00. The van der Waals surface area contributed by atoms with Crippen LogP contribution in [0.15, 0.2) is 11.3 Å². The number of aliphatic carboxylic acids is 1. The fourth-order valence-electron chi connectivity index (χ4n) is 1.79. The van der Waals surface area contributed by atoms with Gasteiger partial charge in [-0.25, -0.2) is 4.79 Å². The molecule has 6 nitrogen and oxygen atoms in total. The first kappa shape index (κ1) is 11.2. The first-order valence-corrected chi connectivity index (χ1v) is 5.67. The summed E-state index contributed by atoms with van der Waals surface area (Å²) in [4.78, 5) is 34.9. The van der Waals surface area contributed by atoms with Crippen molar-refractivity contribution >= 4 is 29.4 Å². The van der Waals surface area contributed by atoms with Gasteiger partial charge in [0.1, 0.15) is 17.1 Å². The van der Waals surface area contributed by atoms with Gasteiger partial charge in [0.2, 0.25) is 5.91 Å². The van der Waals surface area contributed by atoms with E-state index in [0.29, 0.717) is 5.75 Å². The number of carboxylic acid groups (broad SMARTS) is 1. The Bertz CT molecular complexity index is 431. The van der Waals surface area contributed by atoms with Gasteiger partial charge in [-0.15, -0.1) is 11.8 Å². The van der Waals surface area contributed by atoms with Crippen molar-refractivity contribution in [3.63, 3.8) is 0 Å². The SMILES string of the molecule is CC(=O)C1=C(C(=O)O)N2C(=O)C(N)[C@H]2SC1. The summed E-state index contributed by atoms with van der Waals surface area (Å²) < 4.78 is 0. The summed E-state index contributed by atoms with van der Waals surface area (Å²) in [6.45, 7) is 1.29. The summed E-state index contributed by atoms with van der Waals surface area (Å²) in [7, 11) is 0. The van der Waals surface area contributed by atoms with E-state index in [1.165, 1.54) is 18.7 Å². The smallest absolute Gasteiger partial charge is 0.353 e. The monoisotopic (exact) mass is 242 g/mol. The molecule has 86 valence electrons. The number of carbonyl (C=O) groups is 3. The van der Waals surface area contributed by atoms with Gasteiger partial charge in [-0.3, -0.25) is 14.5 Å². The lowest BCUT2D eigenvalue weighted by atomic mass is 10.0. The van der Waals surface area contributed by atoms with E-state index in [0.717, 1.165) is 4.90 Å². The predicted molar refractivity (Wildman–Crippen MR) is 56.4 cm³/mol. The number of fused-ring (bicyclic) bond motifs is 1. The highest BCUT2D eigenvalue weighted by atomic mass is 32.2. The van der Waals surface area contributed by atoms with E-state index in [9.17, 15) is 14.4 Å². The number of thioether (sulfide) groups is 1. The lowest BCUT2D eigenvalue weighted by Gasteiger charge is -2.47. The number of β-lactam (4-membered cyclic amide) rings is 1. The van der Waals surface area contributed by atoms with Crippen LogP contribution in [0.3, 0.4) is 0 Å². The Morgan fingerprint density at radius 3 is 2.69 bits per heavy atom. The molecule has 0 aromatic heterocycles. The summed E-state index contributed by atoms with van der Waals surface area (Å²) in [6, 6.07) is -0.659. The third-order valence-corrected chi connectivity index (χ3v) is 3.94. The highest BCUT2D eigenvalue weighted by Crippen LogP contribution is 2.39. The van der Waals surface area contributed by atoms with Crippen LogP contribution in [0.2, 0.25) is 0 Å². The number of carbonyl (C=O) groups excluding carboxylic acids is 2. The van der Waals surface area contributed by atoms with E-state index in [-0.39, 0.29) is 22.4 Å². The van der Waals surface area contributed by atoms with Crippen molar-refractivity contribution in [3.8, 4) is 0 Å². The maximum Gasteiger partial charge on any atom is 0.353 e. The Morgan fingerprint density at radius 2 is 2.19 bits per heavy atom. The standard InChI is InChI=1S/C9H10N2O4S/c1-3(12)4-2-16-8-5(10)7(13)11(8)6(4)9(14)15/h5,8H,2,10H2,1H3,(H,14,15)/t5?,8-/m1/s1. The second kappa shape index (κ2) is 3.60. The summed E-state index contributed by atoms with van der Waals surface area (Å²) in [5.41, 5.74) is 5.52. The predicted octanol–water partition coefficient (Wildman–Crippen LogP) is -0.843. The van der Waals surface area contributed by atoms with Crippen molar-refractivity contribution in [2.75, 3.05) is 5.75 Å². The van der Waals surface area contributed by atoms with E-state index in [4.69, 9.17) is 10.8 Å². The molecule has 2 rings (SSSR count). The molecule has 16 heavy (non-hydrogen) atoms. The number of carboxylic acids is 1. The van der Waals surface area contributed by atoms with E-state index >= 15 is 0 Å². The van der Waals surface area contributed by atoms with Gasteiger partial charge in [-0.1, -0.05) is 0 Å². The number of hydrogen-bond acceptors (Lipinski definition) is 5. The average Bonchev–Trinajstić information content (AvgIpc) is 2.25. The quantitative estimate of drug-likeness (QED) is 0.612. The third-order valence-electron chi connectivity index (χ3n) is 2.64. The van der Waals surface area contributed by atoms with E-state index in [1.54, 1.807) is 0 Å². The summed E-state index contributed by atoms with van der Waals surface area (Å²) in [5.74, 6) is -1.72. The molecule has 3 N–H and O–H groups in total. The minimum absolute atomic E-state index is 0.175. The first-order chi connectivity index (χ1) is 7.45. The van der Waals surface area contributed by atoms with Gasteiger partial charge in [-0.05, 0) is 6.92 Å². The molecule has 2 heterocycles. The lowest BCUT2D eigenvalue weighted by Crippen LogP contribution is -2.68. The van der Waals surface area contributed by atoms with Crippen molar-refractivity contribution in [1.29, 1.82) is 0 Å². The fourth-order valence-corrected chi connectivity index (χ4v) is 3.14. The molecular weight excluding hydrogens is 232 g/mol. The van der Waals surface area contributed by atoms with Crippen LogP contribution in [0, 0.1) is 0 Å². The maximum absolute atomic E-state index is 11.5. The van der Waals surface area contributed by atoms with Gasteiger partial charge < -0.3 is 10.8 Å². The van der Waals surface area contributed by atoms with Crippen LogP contribution in [0.4, 0.5) is 0 Å². The molecule has 2 aliphatic heterocycles. The minimum atomic E-state index is -1.25. The van der Waals surface area contributed by atoms with Gasteiger partial charge >= 0.3 is 5.97 Å². The Hall–Kier alpha value is -1.34. The molecule has 1 amide bonds. The van der Waals surface area contributed by atoms with Crippen LogP contribution < -0.4 is 5.73 Å². The highest BCUT2D eigenvalue weighted by Gasteiger charge is 2.52. The Labute approximate surface area is 95.5 Å². The third kappa shape index (κ3) is 1.35. The first-order valence-electron chi connectivity index (χ1n) is 4.62. The fraction of sp³-hybridized carbons (Fsp3) is 0.444. The van der Waals surface area contributed by atoms with Gasteiger partial charge in [0.15, 0.2) is 5.78 Å². The molecule has 1 fully saturated rings. The number of nitrogens with zero attached hydrogens (tertiary/aromatic N) is 1. The minimum Gasteiger partial charge on any atom is -0.477 e. The molecule has 2 atom stereocenters. The van der Waals surface area contributed by atoms with Gasteiger partial charge in [0.05, 0.1) is 0 Å². The van der Waals surface area contributed by atoms with Crippen LogP contribution in [0.25, 0.3) is 0 Å². The maximum atomic E-state index is 11.5. The number of ketones is 1. The van der Waals surface area contributed by atoms with Crippen LogP contribution in [-0.4, -0.2) is 44.8 Å². The van der Waals surface area contributed by atoms with Crippen LogP contribution in [0.5, 0.6) is 0 Å². The summed E-state index contributed by atoms with van der Waals surface area (Å²) in [5, 5.41) is 8.68. The van der Waals surface area contributed by atoms with Gasteiger partial charge in [0.25, 0.3) is 0 Å². The Morgan fingerprint density at radius 1 is 1.56 bits per heavy atom. The number of rotatable bonds is 2. The molecule has 1 saturated heterocycles. The van der Waals surface area contributed by atoms with Crippen molar-refractivity contribution in [2.24, 2.45) is 5.73 Å². The zero-order chi connectivity index (χ0) is 12.0. The largest absolute Gasteiger partial charge is 0.477 e. The zero-order valence-electron chi connectivity index (χ0n) is 8.47. The number of hydrogen-bond donors (Lipinski definition) is 2. The Kier molecular flexibility index (Phi) is 2.51. The van der Waals surface area contributed by atoms with Crippen molar-refractivity contribution in [1.82, 2.24) is 4.90 Å². The molecule has 7 heteroatoms. The number of Topliss-reactive ketones (excluding diaryl/α,β-unsaturated/α-hetero) is 1. The van der Waals surface area contributed by atoms with E-state index in [1.807, 2.05) is 0 Å². The average molecular weight is 242 g/mol. The van der Waals surface area contributed by atoms with Crippen LogP contribution in [0.1, 0.15) is 6.92 Å². The molecular formula is C9H10N2O4S. The van der Waals surface area contributed by atoms with Crippen LogP contribution in [-0.2, 0) is 14.4 Å². The Balaban J connectivity index is 2.46. The topological polar surface area (TPSA) is 101 Å². The van der Waals surface area contributed by atoms with Crippen molar-refractivity contribution in [2.45, 2.75) is 18.3 Å². The zero-order valence-corrected chi connectivity index (χ0v) is 9.28. The number of nitrogens with two attached hydrogens (primary N) is 1. The normalized spacial score (nSPS) is 28.6. The van der Waals surface area contributed by atoms with E-state index < -0.39 is 17.9 Å². The van der Waals surface area contributed by atoms with Gasteiger partial charge in [-0.2, -0.15) is 0 Å². The molecule has 1 unspecified atom stereocenters. The van der Waals surface area contributed by atoms with Gasteiger partial charge in [0, 0.05) is 11.3 Å². The summed E-state index contributed by atoms with van der Waals surface area (Å²) in [6.07, 6.45) is 0.